The number of amides is 1. The molecule has 0 unspecified atom stereocenters. The van der Waals surface area contributed by atoms with Gasteiger partial charge in [0.1, 0.15) is 0 Å². The van der Waals surface area contributed by atoms with Crippen LogP contribution in [-0.4, -0.2) is 18.0 Å². The van der Waals surface area contributed by atoms with Crippen molar-refractivity contribution in [1.82, 2.24) is 10.6 Å². The first kappa shape index (κ1) is 14.2. The van der Waals surface area contributed by atoms with E-state index in [4.69, 9.17) is 5.26 Å². The lowest BCUT2D eigenvalue weighted by Crippen LogP contribution is -2.43. The van der Waals surface area contributed by atoms with Crippen molar-refractivity contribution < 1.29 is 4.79 Å². The van der Waals surface area contributed by atoms with Crippen molar-refractivity contribution in [1.29, 1.82) is 5.26 Å². The minimum absolute atomic E-state index is 0.0488. The highest BCUT2D eigenvalue weighted by Crippen LogP contribution is 2.03. The van der Waals surface area contributed by atoms with Gasteiger partial charge in [0.15, 0.2) is 0 Å². The molecular weight excluding hydrogens is 226 g/mol. The fraction of sp³-hybridized carbons (Fsp3) is 0.429. The Kier molecular flexibility index (Phi) is 4.87. The van der Waals surface area contributed by atoms with Crippen molar-refractivity contribution in [3.63, 3.8) is 0 Å². The van der Waals surface area contributed by atoms with Gasteiger partial charge in [-0.15, -0.1) is 0 Å². The van der Waals surface area contributed by atoms with Gasteiger partial charge in [-0.2, -0.15) is 5.26 Å². The van der Waals surface area contributed by atoms with Gasteiger partial charge in [0.05, 0.1) is 18.2 Å². The van der Waals surface area contributed by atoms with E-state index in [2.05, 4.69) is 16.7 Å². The number of rotatable bonds is 4. The first-order valence-corrected chi connectivity index (χ1v) is 5.91. The third-order valence-corrected chi connectivity index (χ3v) is 2.33. The molecule has 1 amide bonds. The van der Waals surface area contributed by atoms with E-state index in [0.29, 0.717) is 18.7 Å². The Balaban J connectivity index is 2.41. The molecule has 0 atom stereocenters. The van der Waals surface area contributed by atoms with E-state index in [9.17, 15) is 4.79 Å². The first-order chi connectivity index (χ1) is 8.40. The van der Waals surface area contributed by atoms with E-state index in [1.807, 2.05) is 32.9 Å². The summed E-state index contributed by atoms with van der Waals surface area (Å²) in [5.74, 6) is -0.0488. The number of nitrogens with zero attached hydrogens (tertiary/aromatic N) is 1. The number of carbonyl (C=O) groups excluding carboxylic acids is 1. The normalized spacial score (nSPS) is 10.8. The van der Waals surface area contributed by atoms with Crippen LogP contribution in [0.1, 0.15) is 31.9 Å². The van der Waals surface area contributed by atoms with E-state index >= 15 is 0 Å². The topological polar surface area (TPSA) is 64.9 Å². The van der Waals surface area contributed by atoms with Crippen molar-refractivity contribution in [2.45, 2.75) is 32.9 Å². The largest absolute Gasteiger partial charge is 0.351 e. The zero-order valence-electron chi connectivity index (χ0n) is 11.1. The Morgan fingerprint density at radius 3 is 2.72 bits per heavy atom. The van der Waals surface area contributed by atoms with Gasteiger partial charge in [-0.1, -0.05) is 12.1 Å². The fourth-order valence-corrected chi connectivity index (χ4v) is 1.36. The Morgan fingerprint density at radius 2 is 2.11 bits per heavy atom. The van der Waals surface area contributed by atoms with Crippen LogP contribution >= 0.6 is 0 Å². The summed E-state index contributed by atoms with van der Waals surface area (Å²) in [5.41, 5.74) is 1.46. The molecule has 1 aromatic carbocycles. The van der Waals surface area contributed by atoms with Crippen LogP contribution in [0, 0.1) is 11.3 Å². The van der Waals surface area contributed by atoms with Gasteiger partial charge in [-0.25, -0.2) is 0 Å². The molecule has 0 aliphatic heterocycles. The monoisotopic (exact) mass is 245 g/mol. The molecule has 0 aromatic heterocycles. The number of hydrogen-bond acceptors (Lipinski definition) is 3. The first-order valence-electron chi connectivity index (χ1n) is 5.91. The highest BCUT2D eigenvalue weighted by molar-refractivity contribution is 5.78. The van der Waals surface area contributed by atoms with Crippen LogP contribution in [0.5, 0.6) is 0 Å². The molecule has 4 nitrogen and oxygen atoms in total. The molecule has 0 fully saturated rings. The zero-order valence-corrected chi connectivity index (χ0v) is 11.1. The van der Waals surface area contributed by atoms with Gasteiger partial charge in [-0.3, -0.25) is 4.79 Å². The highest BCUT2D eigenvalue weighted by Gasteiger charge is 2.10. The van der Waals surface area contributed by atoms with E-state index in [0.717, 1.165) is 5.56 Å². The standard InChI is InChI=1S/C14H19N3O/c1-14(2,3)17-10-13(18)16-9-12-6-4-5-11(7-12)8-15/h4-7,17H,9-10H2,1-3H3,(H,16,18). The summed E-state index contributed by atoms with van der Waals surface area (Å²) in [6.07, 6.45) is 0. The third-order valence-electron chi connectivity index (χ3n) is 2.33. The Labute approximate surface area is 108 Å². The molecule has 0 saturated heterocycles. The van der Waals surface area contributed by atoms with Gasteiger partial charge in [-0.05, 0) is 38.5 Å². The summed E-state index contributed by atoms with van der Waals surface area (Å²) in [7, 11) is 0. The number of benzene rings is 1. The van der Waals surface area contributed by atoms with E-state index < -0.39 is 0 Å². The maximum Gasteiger partial charge on any atom is 0.234 e. The smallest absolute Gasteiger partial charge is 0.234 e. The number of hydrogen-bond donors (Lipinski definition) is 2. The summed E-state index contributed by atoms with van der Waals surface area (Å²) in [6.45, 7) is 6.77. The Bertz CT molecular complexity index is 455. The number of nitriles is 1. The third kappa shape index (κ3) is 5.46. The predicted molar refractivity (Wildman–Crippen MR) is 70.8 cm³/mol. The van der Waals surface area contributed by atoms with Crippen molar-refractivity contribution in [3.8, 4) is 6.07 Å². The molecule has 0 bridgehead atoms. The van der Waals surface area contributed by atoms with Crippen molar-refractivity contribution in [3.05, 3.63) is 35.4 Å². The Hall–Kier alpha value is -1.86. The minimum atomic E-state index is -0.0714. The van der Waals surface area contributed by atoms with Crippen LogP contribution < -0.4 is 10.6 Å². The molecule has 18 heavy (non-hydrogen) atoms. The second-order valence-corrected chi connectivity index (χ2v) is 5.19. The van der Waals surface area contributed by atoms with E-state index in [1.165, 1.54) is 0 Å². The average molecular weight is 245 g/mol. The van der Waals surface area contributed by atoms with Crippen LogP contribution in [0.25, 0.3) is 0 Å². The van der Waals surface area contributed by atoms with Crippen LogP contribution in [0.15, 0.2) is 24.3 Å². The minimum Gasteiger partial charge on any atom is -0.351 e. The molecule has 2 N–H and O–H groups in total. The zero-order chi connectivity index (χ0) is 13.6. The lowest BCUT2D eigenvalue weighted by Gasteiger charge is -2.20. The summed E-state index contributed by atoms with van der Waals surface area (Å²) in [4.78, 5) is 11.6. The molecule has 1 rings (SSSR count). The molecule has 96 valence electrons. The maximum absolute atomic E-state index is 11.6. The van der Waals surface area contributed by atoms with Crippen LogP contribution in [0.3, 0.4) is 0 Å². The van der Waals surface area contributed by atoms with Gasteiger partial charge < -0.3 is 10.6 Å². The summed E-state index contributed by atoms with van der Waals surface area (Å²) < 4.78 is 0. The second-order valence-electron chi connectivity index (χ2n) is 5.19. The quantitative estimate of drug-likeness (QED) is 0.846. The Morgan fingerprint density at radius 1 is 1.39 bits per heavy atom. The number of nitrogens with one attached hydrogen (secondary N) is 2. The van der Waals surface area contributed by atoms with Crippen LogP contribution in [-0.2, 0) is 11.3 Å². The lowest BCUT2D eigenvalue weighted by molar-refractivity contribution is -0.120. The van der Waals surface area contributed by atoms with Gasteiger partial charge in [0.25, 0.3) is 0 Å². The van der Waals surface area contributed by atoms with Gasteiger partial charge in [0, 0.05) is 12.1 Å². The average Bonchev–Trinajstić information content (AvgIpc) is 2.33. The van der Waals surface area contributed by atoms with Gasteiger partial charge >= 0.3 is 0 Å². The molecule has 0 heterocycles. The molecular formula is C14H19N3O. The number of carbonyl (C=O) groups is 1. The molecule has 0 radical (unpaired) electrons. The summed E-state index contributed by atoms with van der Waals surface area (Å²) >= 11 is 0. The lowest BCUT2D eigenvalue weighted by atomic mass is 10.1. The van der Waals surface area contributed by atoms with Crippen LogP contribution in [0.2, 0.25) is 0 Å². The SMILES string of the molecule is CC(C)(C)NCC(=O)NCc1cccc(C#N)c1. The van der Waals surface area contributed by atoms with Crippen molar-refractivity contribution in [2.75, 3.05) is 6.54 Å². The van der Waals surface area contributed by atoms with Crippen molar-refractivity contribution >= 4 is 5.91 Å². The molecule has 0 aliphatic rings. The van der Waals surface area contributed by atoms with E-state index in [-0.39, 0.29) is 11.4 Å². The molecule has 4 heteroatoms. The van der Waals surface area contributed by atoms with Crippen LogP contribution in [0.4, 0.5) is 0 Å². The van der Waals surface area contributed by atoms with E-state index in [1.54, 1.807) is 12.1 Å². The molecule has 1 aromatic rings. The second kappa shape index (κ2) is 6.18. The van der Waals surface area contributed by atoms with Crippen molar-refractivity contribution in [2.24, 2.45) is 0 Å². The highest BCUT2D eigenvalue weighted by atomic mass is 16.1. The fourth-order valence-electron chi connectivity index (χ4n) is 1.36. The maximum atomic E-state index is 11.6. The summed E-state index contributed by atoms with van der Waals surface area (Å²) in [5, 5.41) is 14.7. The summed E-state index contributed by atoms with van der Waals surface area (Å²) in [6, 6.07) is 9.29. The molecule has 0 aliphatic carbocycles. The molecule has 0 saturated carbocycles. The molecule has 0 spiro atoms. The van der Waals surface area contributed by atoms with Gasteiger partial charge in [0.2, 0.25) is 5.91 Å². The predicted octanol–water partition coefficient (Wildman–Crippen LogP) is 1.56.